The Hall–Kier alpha value is -0.910. The van der Waals surface area contributed by atoms with Crippen molar-refractivity contribution >= 4 is 21.9 Å². The molecule has 1 heterocycles. The maximum Gasteiger partial charge on any atom is 0.337 e. The summed E-state index contributed by atoms with van der Waals surface area (Å²) in [7, 11) is 5.70. The molecule has 1 fully saturated rings. The Labute approximate surface area is 135 Å². The lowest BCUT2D eigenvalue weighted by atomic mass is 10.0. The average molecular weight is 355 g/mol. The van der Waals surface area contributed by atoms with E-state index in [0.29, 0.717) is 11.6 Å². The highest BCUT2D eigenvalue weighted by Crippen LogP contribution is 2.23. The van der Waals surface area contributed by atoms with E-state index in [9.17, 15) is 4.79 Å². The van der Waals surface area contributed by atoms with Gasteiger partial charge in [0, 0.05) is 23.6 Å². The van der Waals surface area contributed by atoms with Crippen molar-refractivity contribution < 1.29 is 9.53 Å². The fourth-order valence-corrected chi connectivity index (χ4v) is 3.26. The highest BCUT2D eigenvalue weighted by Gasteiger charge is 2.22. The molecule has 0 aromatic heterocycles. The van der Waals surface area contributed by atoms with Crippen LogP contribution in [-0.2, 0) is 11.3 Å². The number of ether oxygens (including phenoxy) is 1. The molecule has 0 N–H and O–H groups in total. The summed E-state index contributed by atoms with van der Waals surface area (Å²) in [5.41, 5.74) is 1.79. The number of esters is 1. The van der Waals surface area contributed by atoms with Crippen LogP contribution in [0.5, 0.6) is 0 Å². The summed E-state index contributed by atoms with van der Waals surface area (Å²) in [6.07, 6.45) is 2.51. The Kier molecular flexibility index (Phi) is 5.79. The molecule has 1 atom stereocenters. The van der Waals surface area contributed by atoms with Gasteiger partial charge in [-0.15, -0.1) is 0 Å². The fourth-order valence-electron chi connectivity index (χ4n) is 2.76. The van der Waals surface area contributed by atoms with E-state index in [-0.39, 0.29) is 5.97 Å². The Balaban J connectivity index is 2.04. The molecular weight excluding hydrogens is 332 g/mol. The average Bonchev–Trinajstić information content (AvgIpc) is 2.48. The van der Waals surface area contributed by atoms with E-state index in [2.05, 4.69) is 39.8 Å². The van der Waals surface area contributed by atoms with E-state index >= 15 is 0 Å². The topological polar surface area (TPSA) is 32.8 Å². The third-order valence-electron chi connectivity index (χ3n) is 4.08. The Morgan fingerprint density at radius 1 is 1.48 bits per heavy atom. The molecule has 2 rings (SSSR count). The second kappa shape index (κ2) is 7.38. The Bertz CT molecular complexity index is 505. The highest BCUT2D eigenvalue weighted by molar-refractivity contribution is 9.10. The van der Waals surface area contributed by atoms with E-state index in [4.69, 9.17) is 4.74 Å². The molecule has 4 nitrogen and oxygen atoms in total. The molecule has 1 saturated heterocycles. The first kappa shape index (κ1) is 16.5. The largest absolute Gasteiger partial charge is 0.465 e. The first-order valence-corrected chi connectivity index (χ1v) is 8.06. The van der Waals surface area contributed by atoms with E-state index in [1.54, 1.807) is 0 Å². The number of likely N-dealkylation sites (tertiary alicyclic amines) is 1. The molecule has 0 bridgehead atoms. The number of piperidine rings is 1. The van der Waals surface area contributed by atoms with Crippen LogP contribution >= 0.6 is 15.9 Å². The van der Waals surface area contributed by atoms with Crippen molar-refractivity contribution in [1.82, 2.24) is 9.80 Å². The zero-order valence-corrected chi connectivity index (χ0v) is 14.5. The summed E-state index contributed by atoms with van der Waals surface area (Å²) < 4.78 is 5.72. The molecule has 0 radical (unpaired) electrons. The number of hydrogen-bond acceptors (Lipinski definition) is 4. The molecule has 1 unspecified atom stereocenters. The van der Waals surface area contributed by atoms with Gasteiger partial charge in [0.1, 0.15) is 0 Å². The minimum atomic E-state index is -0.298. The number of carbonyl (C=O) groups excluding carboxylic acids is 1. The van der Waals surface area contributed by atoms with Crippen molar-refractivity contribution in [3.63, 3.8) is 0 Å². The molecule has 0 spiro atoms. The molecule has 21 heavy (non-hydrogen) atoms. The van der Waals surface area contributed by atoms with Gasteiger partial charge in [0.25, 0.3) is 0 Å². The van der Waals surface area contributed by atoms with Gasteiger partial charge < -0.3 is 9.64 Å². The van der Waals surface area contributed by atoms with Crippen LogP contribution < -0.4 is 0 Å². The fraction of sp³-hybridized carbons (Fsp3) is 0.562. The number of hydrogen-bond donors (Lipinski definition) is 0. The van der Waals surface area contributed by atoms with Gasteiger partial charge in [0.2, 0.25) is 0 Å². The van der Waals surface area contributed by atoms with Gasteiger partial charge in [-0.2, -0.15) is 0 Å². The van der Waals surface area contributed by atoms with Crippen LogP contribution in [0, 0.1) is 0 Å². The van der Waals surface area contributed by atoms with Gasteiger partial charge in [-0.25, -0.2) is 4.79 Å². The van der Waals surface area contributed by atoms with Crippen LogP contribution in [0.3, 0.4) is 0 Å². The molecule has 1 aromatic rings. The summed E-state index contributed by atoms with van der Waals surface area (Å²) in [4.78, 5) is 16.3. The van der Waals surface area contributed by atoms with Gasteiger partial charge in [-0.1, -0.05) is 22.0 Å². The predicted molar refractivity (Wildman–Crippen MR) is 87.5 cm³/mol. The number of likely N-dealkylation sites (N-methyl/N-ethyl adjacent to an activating group) is 1. The van der Waals surface area contributed by atoms with E-state index in [1.165, 1.54) is 25.5 Å². The Morgan fingerprint density at radius 2 is 2.24 bits per heavy atom. The standard InChI is InChI=1S/C16H23BrN2O2/c1-18(2)14-5-4-8-19(11-14)10-13-7-6-12(9-15(13)17)16(20)21-3/h6-7,9,14H,4-5,8,10-11H2,1-3H3. The smallest absolute Gasteiger partial charge is 0.337 e. The highest BCUT2D eigenvalue weighted by atomic mass is 79.9. The van der Waals surface area contributed by atoms with Crippen molar-refractivity contribution in [3.8, 4) is 0 Å². The number of halogens is 1. The number of benzene rings is 1. The van der Waals surface area contributed by atoms with Crippen LogP contribution in [0.4, 0.5) is 0 Å². The molecule has 116 valence electrons. The van der Waals surface area contributed by atoms with Crippen molar-refractivity contribution in [2.75, 3.05) is 34.3 Å². The number of nitrogens with zero attached hydrogens (tertiary/aromatic N) is 2. The van der Waals surface area contributed by atoms with Crippen LogP contribution in [0.1, 0.15) is 28.8 Å². The van der Waals surface area contributed by atoms with E-state index in [1.807, 2.05) is 18.2 Å². The minimum absolute atomic E-state index is 0.298. The molecule has 1 aliphatic rings. The van der Waals surface area contributed by atoms with Crippen molar-refractivity contribution in [2.24, 2.45) is 0 Å². The van der Waals surface area contributed by atoms with Crippen LogP contribution in [-0.4, -0.2) is 56.1 Å². The maximum atomic E-state index is 11.5. The SMILES string of the molecule is COC(=O)c1ccc(CN2CCCC(N(C)C)C2)c(Br)c1. The van der Waals surface area contributed by atoms with Crippen molar-refractivity contribution in [2.45, 2.75) is 25.4 Å². The zero-order valence-electron chi connectivity index (χ0n) is 12.9. The number of rotatable bonds is 4. The van der Waals surface area contributed by atoms with Gasteiger partial charge >= 0.3 is 5.97 Å². The van der Waals surface area contributed by atoms with Crippen molar-refractivity contribution in [3.05, 3.63) is 33.8 Å². The quantitative estimate of drug-likeness (QED) is 0.778. The summed E-state index contributed by atoms with van der Waals surface area (Å²) in [6, 6.07) is 6.32. The second-order valence-corrected chi connectivity index (χ2v) is 6.65. The molecular formula is C16H23BrN2O2. The lowest BCUT2D eigenvalue weighted by molar-refractivity contribution is 0.0600. The molecule has 0 aliphatic carbocycles. The van der Waals surface area contributed by atoms with Crippen LogP contribution in [0.25, 0.3) is 0 Å². The normalized spacial score (nSPS) is 19.8. The van der Waals surface area contributed by atoms with E-state index in [0.717, 1.165) is 24.1 Å². The second-order valence-electron chi connectivity index (χ2n) is 5.79. The van der Waals surface area contributed by atoms with Crippen molar-refractivity contribution in [1.29, 1.82) is 0 Å². The lowest BCUT2D eigenvalue weighted by Gasteiger charge is -2.36. The Morgan fingerprint density at radius 3 is 2.86 bits per heavy atom. The molecule has 0 saturated carbocycles. The van der Waals surface area contributed by atoms with Gasteiger partial charge in [-0.3, -0.25) is 4.90 Å². The summed E-state index contributed by atoms with van der Waals surface area (Å²) in [5, 5.41) is 0. The predicted octanol–water partition coefficient (Wildman–Crippen LogP) is 2.76. The zero-order chi connectivity index (χ0) is 15.4. The monoisotopic (exact) mass is 354 g/mol. The van der Waals surface area contributed by atoms with Crippen LogP contribution in [0.2, 0.25) is 0 Å². The molecule has 1 aliphatic heterocycles. The first-order valence-electron chi connectivity index (χ1n) is 7.26. The summed E-state index contributed by atoms with van der Waals surface area (Å²) in [5.74, 6) is -0.298. The summed E-state index contributed by atoms with van der Waals surface area (Å²) >= 11 is 3.57. The maximum absolute atomic E-state index is 11.5. The third kappa shape index (κ3) is 4.28. The lowest BCUT2D eigenvalue weighted by Crippen LogP contribution is -2.44. The minimum Gasteiger partial charge on any atom is -0.465 e. The van der Waals surface area contributed by atoms with Gasteiger partial charge in [0.05, 0.1) is 12.7 Å². The first-order chi connectivity index (χ1) is 10.0. The van der Waals surface area contributed by atoms with Gasteiger partial charge in [0.15, 0.2) is 0 Å². The van der Waals surface area contributed by atoms with E-state index < -0.39 is 0 Å². The van der Waals surface area contributed by atoms with Crippen LogP contribution in [0.15, 0.2) is 22.7 Å². The third-order valence-corrected chi connectivity index (χ3v) is 4.82. The molecule has 1 aromatic carbocycles. The molecule has 0 amide bonds. The molecule has 5 heteroatoms. The van der Waals surface area contributed by atoms with Gasteiger partial charge in [-0.05, 0) is 51.2 Å². The number of methoxy groups -OCH3 is 1. The number of carbonyl (C=O) groups is 1. The summed E-state index contributed by atoms with van der Waals surface area (Å²) in [6.45, 7) is 3.14.